The molecule has 2 aromatic rings. The fourth-order valence-electron chi connectivity index (χ4n) is 2.35. The van der Waals surface area contributed by atoms with E-state index >= 15 is 0 Å². The highest BCUT2D eigenvalue weighted by Crippen LogP contribution is 2.23. The molecule has 0 aromatic heterocycles. The minimum Gasteiger partial charge on any atom is -0.628 e. The molecule has 2 atom stereocenters. The minimum atomic E-state index is -0.405. The van der Waals surface area contributed by atoms with Crippen molar-refractivity contribution in [2.45, 2.75) is 52.6 Å². The molecule has 2 unspecified atom stereocenters. The van der Waals surface area contributed by atoms with Crippen molar-refractivity contribution in [3.05, 3.63) is 58.9 Å². The Hall–Kier alpha value is -1.92. The number of hydroxylamine groups is 2. The van der Waals surface area contributed by atoms with Crippen molar-refractivity contribution < 1.29 is 14.9 Å². The lowest BCUT2D eigenvalue weighted by atomic mass is 10.1. The molecule has 0 saturated heterocycles. The first-order chi connectivity index (χ1) is 11.5. The Kier molecular flexibility index (Phi) is 5.54. The number of ether oxygens (including phenoxy) is 1. The first-order valence-corrected chi connectivity index (χ1v) is 8.46. The molecule has 0 heterocycles. The van der Waals surface area contributed by atoms with Gasteiger partial charge in [-0.05, 0) is 65.8 Å². The Bertz CT molecular complexity index is 621. The molecule has 136 valence electrons. The molecule has 0 spiro atoms. The van der Waals surface area contributed by atoms with Crippen molar-refractivity contribution >= 4 is 11.4 Å². The van der Waals surface area contributed by atoms with E-state index in [1.54, 1.807) is 48.5 Å². The SMILES string of the molecule is CC(C)(C)[NH+]([O-])c1ccc(Oc2ccc([NH+]([O-])C(C)(C)C)cc2)cc1. The summed E-state index contributed by atoms with van der Waals surface area (Å²) in [6, 6.07) is 14.3. The molecule has 25 heavy (non-hydrogen) atoms. The fourth-order valence-corrected chi connectivity index (χ4v) is 2.35. The van der Waals surface area contributed by atoms with E-state index in [1.165, 1.54) is 0 Å². The van der Waals surface area contributed by atoms with Gasteiger partial charge >= 0.3 is 0 Å². The van der Waals surface area contributed by atoms with Gasteiger partial charge in [0.15, 0.2) is 0 Å². The van der Waals surface area contributed by atoms with Gasteiger partial charge in [-0.2, -0.15) is 0 Å². The molecular formula is C20H28N2O3. The van der Waals surface area contributed by atoms with E-state index in [0.29, 0.717) is 22.9 Å². The van der Waals surface area contributed by atoms with Gasteiger partial charge in [0.2, 0.25) is 0 Å². The van der Waals surface area contributed by atoms with Crippen molar-refractivity contribution in [1.29, 1.82) is 0 Å². The minimum absolute atomic E-state index is 0.101. The maximum absolute atomic E-state index is 12.2. The van der Waals surface area contributed by atoms with Crippen LogP contribution in [0.5, 0.6) is 11.5 Å². The highest BCUT2D eigenvalue weighted by molar-refractivity contribution is 5.41. The number of rotatable bonds is 4. The zero-order valence-corrected chi connectivity index (χ0v) is 15.8. The van der Waals surface area contributed by atoms with Crippen molar-refractivity contribution in [3.63, 3.8) is 0 Å². The zero-order valence-electron chi connectivity index (χ0n) is 15.8. The first-order valence-electron chi connectivity index (χ1n) is 8.46. The van der Waals surface area contributed by atoms with E-state index in [2.05, 4.69) is 0 Å². The topological polar surface area (TPSA) is 64.2 Å². The number of nitrogens with one attached hydrogen (secondary N) is 2. The summed E-state index contributed by atoms with van der Waals surface area (Å²) in [5.41, 5.74) is 0.534. The Balaban J connectivity index is 2.08. The van der Waals surface area contributed by atoms with Crippen molar-refractivity contribution in [2.75, 3.05) is 0 Å². The summed E-state index contributed by atoms with van der Waals surface area (Å²) in [6.45, 7) is 11.4. The molecule has 2 rings (SSSR count). The summed E-state index contributed by atoms with van der Waals surface area (Å²) < 4.78 is 5.80. The predicted molar refractivity (Wildman–Crippen MR) is 100 cm³/mol. The van der Waals surface area contributed by atoms with E-state index in [0.717, 1.165) is 0 Å². The molecule has 2 aromatic carbocycles. The average molecular weight is 344 g/mol. The quantitative estimate of drug-likeness (QED) is 0.838. The van der Waals surface area contributed by atoms with Gasteiger partial charge in [0, 0.05) is 24.3 Å². The van der Waals surface area contributed by atoms with Crippen LogP contribution in [0.3, 0.4) is 0 Å². The second kappa shape index (κ2) is 7.14. The Labute approximate surface area is 150 Å². The largest absolute Gasteiger partial charge is 0.628 e. The van der Waals surface area contributed by atoms with E-state index in [1.807, 2.05) is 41.5 Å². The third-order valence-electron chi connectivity index (χ3n) is 3.83. The highest BCUT2D eigenvalue weighted by Gasteiger charge is 2.21. The summed E-state index contributed by atoms with van der Waals surface area (Å²) in [4.78, 5) is 0. The Morgan fingerprint density at radius 1 is 0.600 bits per heavy atom. The lowest BCUT2D eigenvalue weighted by Gasteiger charge is -2.35. The highest BCUT2D eigenvalue weighted by atomic mass is 16.5. The Morgan fingerprint density at radius 3 is 1.12 bits per heavy atom. The zero-order chi connectivity index (χ0) is 18.8. The molecule has 0 radical (unpaired) electrons. The number of hydrogen-bond acceptors (Lipinski definition) is 3. The van der Waals surface area contributed by atoms with Gasteiger partial charge in [0.05, 0.1) is 11.1 Å². The molecule has 0 aliphatic rings. The van der Waals surface area contributed by atoms with Crippen LogP contribution in [0, 0.1) is 10.4 Å². The van der Waals surface area contributed by atoms with E-state index in [-0.39, 0.29) is 10.1 Å². The smallest absolute Gasteiger partial charge is 0.131 e. The van der Waals surface area contributed by atoms with Crippen LogP contribution in [0.2, 0.25) is 0 Å². The van der Waals surface area contributed by atoms with Crippen LogP contribution in [0.4, 0.5) is 11.4 Å². The van der Waals surface area contributed by atoms with Crippen molar-refractivity contribution in [3.8, 4) is 11.5 Å². The summed E-state index contributed by atoms with van der Waals surface area (Å²) in [6.07, 6.45) is 0. The normalized spacial score (nSPS) is 14.9. The molecule has 0 aliphatic heterocycles. The van der Waals surface area contributed by atoms with Gasteiger partial charge in [-0.15, -0.1) is 0 Å². The number of quaternary nitrogens is 2. The van der Waals surface area contributed by atoms with Crippen LogP contribution in [0.15, 0.2) is 48.5 Å². The lowest BCUT2D eigenvalue weighted by Crippen LogP contribution is -3.10. The molecule has 0 saturated carbocycles. The van der Waals surface area contributed by atoms with Gasteiger partial charge < -0.3 is 25.3 Å². The lowest BCUT2D eigenvalue weighted by molar-refractivity contribution is -0.832. The maximum Gasteiger partial charge on any atom is 0.131 e. The van der Waals surface area contributed by atoms with E-state index in [4.69, 9.17) is 4.74 Å². The van der Waals surface area contributed by atoms with Gasteiger partial charge in [0.1, 0.15) is 22.9 Å². The van der Waals surface area contributed by atoms with Gasteiger partial charge in [0.25, 0.3) is 0 Å². The van der Waals surface area contributed by atoms with Crippen LogP contribution >= 0.6 is 0 Å². The van der Waals surface area contributed by atoms with Crippen LogP contribution in [-0.2, 0) is 0 Å². The molecule has 0 aliphatic carbocycles. The first kappa shape index (κ1) is 19.4. The summed E-state index contributed by atoms with van der Waals surface area (Å²) in [5.74, 6) is 1.31. The predicted octanol–water partition coefficient (Wildman–Crippen LogP) is 3.10. The van der Waals surface area contributed by atoms with Crippen LogP contribution in [-0.4, -0.2) is 11.1 Å². The van der Waals surface area contributed by atoms with Gasteiger partial charge in [-0.3, -0.25) is 0 Å². The number of benzene rings is 2. The second-order valence-electron chi connectivity index (χ2n) is 8.31. The average Bonchev–Trinajstić information content (AvgIpc) is 2.53. The monoisotopic (exact) mass is 344 g/mol. The molecule has 0 bridgehead atoms. The van der Waals surface area contributed by atoms with Crippen molar-refractivity contribution in [2.24, 2.45) is 0 Å². The van der Waals surface area contributed by atoms with Crippen LogP contribution < -0.4 is 14.9 Å². The van der Waals surface area contributed by atoms with Gasteiger partial charge in [-0.25, -0.2) is 0 Å². The number of hydrogen-bond donors (Lipinski definition) is 2. The third kappa shape index (κ3) is 5.03. The Morgan fingerprint density at radius 2 is 0.880 bits per heavy atom. The van der Waals surface area contributed by atoms with Crippen molar-refractivity contribution in [1.82, 2.24) is 0 Å². The summed E-state index contributed by atoms with van der Waals surface area (Å²) >= 11 is 0. The standard InChI is InChI=1S/C20H28N2O3/c1-19(2,3)21(23)15-7-11-17(12-8-15)25-18-13-9-16(10-14-18)22(24)20(4,5)6/h7-14,21-22H,1-6H3. The van der Waals surface area contributed by atoms with Crippen LogP contribution in [0.1, 0.15) is 41.5 Å². The molecule has 2 N–H and O–H groups in total. The molecule has 5 heteroatoms. The summed E-state index contributed by atoms with van der Waals surface area (Å²) in [5, 5.41) is 24.7. The third-order valence-corrected chi connectivity index (χ3v) is 3.83. The molecule has 5 nitrogen and oxygen atoms in total. The fraction of sp³-hybridized carbons (Fsp3) is 0.400. The summed E-state index contributed by atoms with van der Waals surface area (Å²) in [7, 11) is 0. The maximum atomic E-state index is 12.2. The van der Waals surface area contributed by atoms with E-state index < -0.39 is 11.1 Å². The van der Waals surface area contributed by atoms with Gasteiger partial charge in [-0.1, -0.05) is 0 Å². The molecular weight excluding hydrogens is 316 g/mol. The molecule has 0 amide bonds. The van der Waals surface area contributed by atoms with E-state index in [9.17, 15) is 10.4 Å². The second-order valence-corrected chi connectivity index (χ2v) is 8.31. The van der Waals surface area contributed by atoms with Crippen LogP contribution in [0.25, 0.3) is 0 Å². The molecule has 0 fully saturated rings.